The number of carbonyl (C=O) groups excluding carboxylic acids is 1. The predicted molar refractivity (Wildman–Crippen MR) is 68.4 cm³/mol. The minimum Gasteiger partial charge on any atom is -0.394 e. The largest absolute Gasteiger partial charge is 0.394 e. The lowest BCUT2D eigenvalue weighted by Gasteiger charge is -2.19. The Labute approximate surface area is 112 Å². The van der Waals surface area contributed by atoms with Crippen molar-refractivity contribution in [1.82, 2.24) is 0 Å². The number of rotatable bonds is 9. The van der Waals surface area contributed by atoms with Gasteiger partial charge in [0.1, 0.15) is 24.9 Å². The number of Topliss-reactive ketones (excluding diaryl/α,β-unsaturated/α-hetero) is 1. The maximum atomic E-state index is 10.5. The first-order valence-corrected chi connectivity index (χ1v) is 5.54. The summed E-state index contributed by atoms with van der Waals surface area (Å²) in [6.07, 6.45) is -1.80. The van der Waals surface area contributed by atoms with E-state index in [1.54, 1.807) is 12.2 Å². The third-order valence-corrected chi connectivity index (χ3v) is 1.86. The molecule has 0 amide bonds. The van der Waals surface area contributed by atoms with Crippen LogP contribution in [0.4, 0.5) is 0 Å². The van der Waals surface area contributed by atoms with Crippen LogP contribution in [0.3, 0.4) is 0 Å². The molecule has 0 aliphatic rings. The SMILES string of the molecule is C=CCOCC=C.O=C(CO)[C@H](O)[C@@H](O)[C@H](O)CO. The van der Waals surface area contributed by atoms with Gasteiger partial charge in [-0.1, -0.05) is 12.2 Å². The summed E-state index contributed by atoms with van der Waals surface area (Å²) < 4.78 is 4.90. The molecule has 0 aromatic carbocycles. The molecule has 0 bridgehead atoms. The molecular weight excluding hydrogens is 256 g/mol. The van der Waals surface area contributed by atoms with Gasteiger partial charge in [0.15, 0.2) is 5.78 Å². The maximum Gasteiger partial charge on any atom is 0.189 e. The molecule has 0 radical (unpaired) electrons. The lowest BCUT2D eigenvalue weighted by Crippen LogP contribution is -2.44. The summed E-state index contributed by atoms with van der Waals surface area (Å²) in [6, 6.07) is 0. The van der Waals surface area contributed by atoms with Gasteiger partial charge >= 0.3 is 0 Å². The van der Waals surface area contributed by atoms with Crippen LogP contribution in [-0.4, -0.2) is 76.1 Å². The van der Waals surface area contributed by atoms with E-state index in [0.29, 0.717) is 13.2 Å². The smallest absolute Gasteiger partial charge is 0.189 e. The van der Waals surface area contributed by atoms with Gasteiger partial charge in [0.2, 0.25) is 0 Å². The van der Waals surface area contributed by atoms with Crippen LogP contribution in [-0.2, 0) is 9.53 Å². The molecule has 0 aliphatic carbocycles. The van der Waals surface area contributed by atoms with E-state index in [1.165, 1.54) is 0 Å². The Bertz CT molecular complexity index is 246. The summed E-state index contributed by atoms with van der Waals surface area (Å²) >= 11 is 0. The lowest BCUT2D eigenvalue weighted by molar-refractivity contribution is -0.142. The number of carbonyl (C=O) groups is 1. The second kappa shape index (κ2) is 13.3. The van der Waals surface area contributed by atoms with Crippen LogP contribution in [0, 0.1) is 0 Å². The van der Waals surface area contributed by atoms with E-state index in [9.17, 15) is 4.79 Å². The van der Waals surface area contributed by atoms with E-state index < -0.39 is 37.3 Å². The summed E-state index contributed by atoms with van der Waals surface area (Å²) in [5.74, 6) is -1.00. The number of hydrogen-bond donors (Lipinski definition) is 5. The third-order valence-electron chi connectivity index (χ3n) is 1.86. The number of ether oxygens (including phenoxy) is 1. The molecule has 0 aliphatic heterocycles. The van der Waals surface area contributed by atoms with Gasteiger partial charge in [-0.05, 0) is 0 Å². The van der Waals surface area contributed by atoms with Gasteiger partial charge in [-0.15, -0.1) is 13.2 Å². The fraction of sp³-hybridized carbons (Fsp3) is 0.583. The van der Waals surface area contributed by atoms with Crippen molar-refractivity contribution in [3.05, 3.63) is 25.3 Å². The monoisotopic (exact) mass is 278 g/mol. The molecule has 3 atom stereocenters. The molecule has 0 spiro atoms. The van der Waals surface area contributed by atoms with Crippen molar-refractivity contribution in [2.45, 2.75) is 18.3 Å². The van der Waals surface area contributed by atoms with Crippen LogP contribution in [0.25, 0.3) is 0 Å². The zero-order valence-corrected chi connectivity index (χ0v) is 10.7. The van der Waals surface area contributed by atoms with E-state index in [0.717, 1.165) is 0 Å². The van der Waals surface area contributed by atoms with E-state index in [2.05, 4.69) is 13.2 Å². The molecule has 5 N–H and O–H groups in total. The predicted octanol–water partition coefficient (Wildman–Crippen LogP) is -2.00. The minimum atomic E-state index is -1.86. The second-order valence-electron chi connectivity index (χ2n) is 3.42. The topological polar surface area (TPSA) is 127 Å². The molecule has 19 heavy (non-hydrogen) atoms. The summed E-state index contributed by atoms with van der Waals surface area (Å²) in [6.45, 7) is 6.49. The van der Waals surface area contributed by atoms with Crippen LogP contribution >= 0.6 is 0 Å². The lowest BCUT2D eigenvalue weighted by atomic mass is 10.1. The minimum absolute atomic E-state index is 0.617. The highest BCUT2D eigenvalue weighted by atomic mass is 16.5. The van der Waals surface area contributed by atoms with Gasteiger partial charge in [0.25, 0.3) is 0 Å². The van der Waals surface area contributed by atoms with Crippen LogP contribution in [0.1, 0.15) is 0 Å². The standard InChI is InChI=1S/C6H12O6.C6H10O/c7-1-3(9)5(11)6(12)4(10)2-8;1-3-5-7-6-4-2/h3,5-9,11-12H,1-2H2;3-4H,1-2,5-6H2/t3-,5+,6+;/m1./s1. The normalized spacial score (nSPS) is 14.6. The number of ketones is 1. The molecule has 0 heterocycles. The molecule has 112 valence electrons. The van der Waals surface area contributed by atoms with Crippen molar-refractivity contribution in [2.24, 2.45) is 0 Å². The molecule has 0 unspecified atom stereocenters. The second-order valence-corrected chi connectivity index (χ2v) is 3.42. The number of aliphatic hydroxyl groups excluding tert-OH is 5. The number of hydrogen-bond acceptors (Lipinski definition) is 7. The maximum absolute atomic E-state index is 10.5. The average Bonchev–Trinajstić information content (AvgIpc) is 2.45. The van der Waals surface area contributed by atoms with Crippen LogP contribution in [0.5, 0.6) is 0 Å². The van der Waals surface area contributed by atoms with E-state index in [4.69, 9.17) is 30.3 Å². The summed E-state index contributed by atoms with van der Waals surface area (Å²) in [5, 5.41) is 43.1. The van der Waals surface area contributed by atoms with Gasteiger partial charge in [-0.2, -0.15) is 0 Å². The van der Waals surface area contributed by atoms with Gasteiger partial charge in [0.05, 0.1) is 19.8 Å². The molecule has 0 fully saturated rings. The summed E-state index contributed by atoms with van der Waals surface area (Å²) in [5.41, 5.74) is 0. The quantitative estimate of drug-likeness (QED) is 0.244. The summed E-state index contributed by atoms with van der Waals surface area (Å²) in [4.78, 5) is 10.5. The highest BCUT2D eigenvalue weighted by molar-refractivity contribution is 5.84. The van der Waals surface area contributed by atoms with Crippen molar-refractivity contribution < 1.29 is 35.1 Å². The first kappa shape index (κ1) is 20.2. The Morgan fingerprint density at radius 1 is 1.11 bits per heavy atom. The Morgan fingerprint density at radius 2 is 1.58 bits per heavy atom. The molecular formula is C12H22O7. The van der Waals surface area contributed by atoms with E-state index in [-0.39, 0.29) is 0 Å². The van der Waals surface area contributed by atoms with Crippen molar-refractivity contribution in [1.29, 1.82) is 0 Å². The first-order chi connectivity index (χ1) is 8.95. The van der Waals surface area contributed by atoms with Gasteiger partial charge in [0, 0.05) is 0 Å². The molecule has 0 saturated carbocycles. The van der Waals surface area contributed by atoms with Crippen LogP contribution < -0.4 is 0 Å². The van der Waals surface area contributed by atoms with E-state index >= 15 is 0 Å². The Hall–Kier alpha value is -1.09. The Balaban J connectivity index is 0. The van der Waals surface area contributed by atoms with Crippen molar-refractivity contribution in [2.75, 3.05) is 26.4 Å². The molecule has 0 aromatic heterocycles. The highest BCUT2D eigenvalue weighted by Gasteiger charge is 2.28. The van der Waals surface area contributed by atoms with Gasteiger partial charge in [-0.25, -0.2) is 0 Å². The van der Waals surface area contributed by atoms with E-state index in [1.807, 2.05) is 0 Å². The zero-order valence-electron chi connectivity index (χ0n) is 10.7. The van der Waals surface area contributed by atoms with Crippen molar-refractivity contribution in [3.8, 4) is 0 Å². The molecule has 7 heteroatoms. The molecule has 0 aromatic rings. The van der Waals surface area contributed by atoms with Gasteiger partial charge < -0.3 is 30.3 Å². The fourth-order valence-corrected chi connectivity index (χ4v) is 0.837. The molecule has 0 rings (SSSR count). The average molecular weight is 278 g/mol. The zero-order chi connectivity index (χ0) is 15.3. The van der Waals surface area contributed by atoms with Crippen molar-refractivity contribution >= 4 is 5.78 Å². The van der Waals surface area contributed by atoms with Crippen LogP contribution in [0.15, 0.2) is 25.3 Å². The Kier molecular flexibility index (Phi) is 14.2. The van der Waals surface area contributed by atoms with Gasteiger partial charge in [-0.3, -0.25) is 4.79 Å². The first-order valence-electron chi connectivity index (χ1n) is 5.54. The Morgan fingerprint density at radius 3 is 1.89 bits per heavy atom. The van der Waals surface area contributed by atoms with Crippen molar-refractivity contribution in [3.63, 3.8) is 0 Å². The molecule has 7 nitrogen and oxygen atoms in total. The summed E-state index contributed by atoms with van der Waals surface area (Å²) in [7, 11) is 0. The van der Waals surface area contributed by atoms with Crippen LogP contribution in [0.2, 0.25) is 0 Å². The molecule has 0 saturated heterocycles. The number of aliphatic hydroxyl groups is 5. The highest BCUT2D eigenvalue weighted by Crippen LogP contribution is 2.00. The third kappa shape index (κ3) is 10.5. The fourth-order valence-electron chi connectivity index (χ4n) is 0.837.